The second kappa shape index (κ2) is 4.79. The topological polar surface area (TPSA) is 38.0 Å². The van der Waals surface area contributed by atoms with Crippen molar-refractivity contribution >= 4 is 0 Å². The summed E-state index contributed by atoms with van der Waals surface area (Å²) < 4.78 is 0. The highest BCUT2D eigenvalue weighted by Gasteiger charge is 2.26. The molecule has 0 spiro atoms. The zero-order valence-corrected chi connectivity index (χ0v) is 10.4. The van der Waals surface area contributed by atoms with Gasteiger partial charge in [0.05, 0.1) is 0 Å². The van der Waals surface area contributed by atoms with E-state index < -0.39 is 0 Å². The molecule has 92 valence electrons. The summed E-state index contributed by atoms with van der Waals surface area (Å²) in [5.41, 5.74) is 10.6. The smallest absolute Gasteiger partial charge is 0.000257 e. The van der Waals surface area contributed by atoms with Crippen LogP contribution in [-0.2, 0) is 12.8 Å². The maximum absolute atomic E-state index is 5.90. The third kappa shape index (κ3) is 2.12. The zero-order chi connectivity index (χ0) is 11.7. The Morgan fingerprint density at radius 2 is 2.12 bits per heavy atom. The second-order valence-electron chi connectivity index (χ2n) is 5.48. The second-order valence-corrected chi connectivity index (χ2v) is 5.48. The van der Waals surface area contributed by atoms with Crippen molar-refractivity contribution in [1.82, 2.24) is 5.32 Å². The summed E-state index contributed by atoms with van der Waals surface area (Å²) in [7, 11) is 0. The Labute approximate surface area is 104 Å². The molecule has 0 saturated carbocycles. The van der Waals surface area contributed by atoms with Gasteiger partial charge in [0.15, 0.2) is 0 Å². The molecular formula is C15H22N2. The molecule has 0 radical (unpaired) electrons. The molecule has 1 saturated heterocycles. The number of benzene rings is 1. The molecule has 3 rings (SSSR count). The van der Waals surface area contributed by atoms with Gasteiger partial charge in [0.25, 0.3) is 0 Å². The average Bonchev–Trinajstić information content (AvgIpc) is 2.85. The lowest BCUT2D eigenvalue weighted by atomic mass is 9.80. The van der Waals surface area contributed by atoms with E-state index in [4.69, 9.17) is 5.73 Å². The van der Waals surface area contributed by atoms with Crippen molar-refractivity contribution in [2.24, 2.45) is 11.7 Å². The number of piperidine rings is 1. The first-order valence-corrected chi connectivity index (χ1v) is 6.91. The zero-order valence-electron chi connectivity index (χ0n) is 10.4. The fraction of sp³-hybridized carbons (Fsp3) is 0.600. The van der Waals surface area contributed by atoms with Crippen molar-refractivity contribution in [2.75, 3.05) is 19.6 Å². The van der Waals surface area contributed by atoms with E-state index in [-0.39, 0.29) is 0 Å². The number of rotatable bonds is 2. The first-order chi connectivity index (χ1) is 8.38. The molecule has 1 fully saturated rings. The number of aryl methyl sites for hydroxylation is 2. The highest BCUT2D eigenvalue weighted by molar-refractivity contribution is 5.37. The van der Waals surface area contributed by atoms with Gasteiger partial charge in [-0.3, -0.25) is 0 Å². The van der Waals surface area contributed by atoms with Crippen LogP contribution in [0.5, 0.6) is 0 Å². The van der Waals surface area contributed by atoms with Crippen LogP contribution in [-0.4, -0.2) is 19.6 Å². The monoisotopic (exact) mass is 230 g/mol. The van der Waals surface area contributed by atoms with Gasteiger partial charge in [0, 0.05) is 0 Å². The predicted octanol–water partition coefficient (Wildman–Crippen LogP) is 1.83. The van der Waals surface area contributed by atoms with Gasteiger partial charge in [-0.15, -0.1) is 0 Å². The normalized spacial score (nSPS) is 28.1. The molecule has 2 heteroatoms. The molecule has 1 aromatic rings. The lowest BCUT2D eigenvalue weighted by Gasteiger charge is -2.32. The summed E-state index contributed by atoms with van der Waals surface area (Å²) in [6, 6.07) is 7.16. The van der Waals surface area contributed by atoms with Crippen LogP contribution in [0.1, 0.15) is 35.4 Å². The summed E-state index contributed by atoms with van der Waals surface area (Å²) in [6.45, 7) is 3.02. The SMILES string of the molecule is NCC1CNCCC1c1ccc2c(c1)CCC2. The minimum Gasteiger partial charge on any atom is -0.330 e. The van der Waals surface area contributed by atoms with Crippen LogP contribution in [0, 0.1) is 5.92 Å². The van der Waals surface area contributed by atoms with Crippen molar-refractivity contribution in [3.8, 4) is 0 Å². The van der Waals surface area contributed by atoms with E-state index in [1.807, 2.05) is 0 Å². The standard InChI is InChI=1S/C15H22N2/c16-9-14-10-17-7-6-15(14)13-5-4-11-2-1-3-12(11)8-13/h4-5,8,14-15,17H,1-3,6-7,9-10,16H2. The molecule has 0 bridgehead atoms. The van der Waals surface area contributed by atoms with E-state index in [2.05, 4.69) is 23.5 Å². The summed E-state index contributed by atoms with van der Waals surface area (Å²) in [4.78, 5) is 0. The lowest BCUT2D eigenvalue weighted by Crippen LogP contribution is -2.39. The first-order valence-electron chi connectivity index (χ1n) is 6.91. The van der Waals surface area contributed by atoms with E-state index in [1.165, 1.54) is 31.2 Å². The molecule has 2 unspecified atom stereocenters. The van der Waals surface area contributed by atoms with Crippen LogP contribution >= 0.6 is 0 Å². The van der Waals surface area contributed by atoms with Crippen LogP contribution in [0.4, 0.5) is 0 Å². The van der Waals surface area contributed by atoms with E-state index in [9.17, 15) is 0 Å². The average molecular weight is 230 g/mol. The van der Waals surface area contributed by atoms with Crippen molar-refractivity contribution in [1.29, 1.82) is 0 Å². The maximum atomic E-state index is 5.90. The van der Waals surface area contributed by atoms with Crippen molar-refractivity contribution < 1.29 is 0 Å². The first kappa shape index (κ1) is 11.2. The lowest BCUT2D eigenvalue weighted by molar-refractivity contribution is 0.333. The van der Waals surface area contributed by atoms with Gasteiger partial charge in [-0.05, 0) is 73.8 Å². The van der Waals surface area contributed by atoms with Gasteiger partial charge in [-0.1, -0.05) is 18.2 Å². The Kier molecular flexibility index (Phi) is 3.17. The van der Waals surface area contributed by atoms with Crippen LogP contribution < -0.4 is 11.1 Å². The minimum absolute atomic E-state index is 0.614. The van der Waals surface area contributed by atoms with E-state index in [0.29, 0.717) is 11.8 Å². The number of hydrogen-bond donors (Lipinski definition) is 2. The van der Waals surface area contributed by atoms with Crippen LogP contribution in [0.15, 0.2) is 18.2 Å². The third-order valence-corrected chi connectivity index (χ3v) is 4.46. The number of nitrogens with one attached hydrogen (secondary N) is 1. The summed E-state index contributed by atoms with van der Waals surface area (Å²) in [5.74, 6) is 1.29. The van der Waals surface area contributed by atoms with E-state index >= 15 is 0 Å². The summed E-state index contributed by atoms with van der Waals surface area (Å²) >= 11 is 0. The highest BCUT2D eigenvalue weighted by Crippen LogP contribution is 2.33. The van der Waals surface area contributed by atoms with Crippen LogP contribution in [0.25, 0.3) is 0 Å². The van der Waals surface area contributed by atoms with Gasteiger partial charge in [-0.2, -0.15) is 0 Å². The number of fused-ring (bicyclic) bond motifs is 1. The third-order valence-electron chi connectivity index (χ3n) is 4.46. The summed E-state index contributed by atoms with van der Waals surface area (Å²) in [6.07, 6.45) is 5.13. The predicted molar refractivity (Wildman–Crippen MR) is 71.2 cm³/mol. The summed E-state index contributed by atoms with van der Waals surface area (Å²) in [5, 5.41) is 3.46. The maximum Gasteiger partial charge on any atom is -0.000257 e. The highest BCUT2D eigenvalue weighted by atomic mass is 14.9. The van der Waals surface area contributed by atoms with Crippen molar-refractivity contribution in [3.05, 3.63) is 34.9 Å². The van der Waals surface area contributed by atoms with E-state index in [1.54, 1.807) is 11.1 Å². The van der Waals surface area contributed by atoms with Crippen molar-refractivity contribution in [2.45, 2.75) is 31.6 Å². The molecule has 2 aliphatic rings. The quantitative estimate of drug-likeness (QED) is 0.813. The molecular weight excluding hydrogens is 208 g/mol. The molecule has 2 atom stereocenters. The van der Waals surface area contributed by atoms with Gasteiger partial charge >= 0.3 is 0 Å². The Hall–Kier alpha value is -0.860. The van der Waals surface area contributed by atoms with Crippen LogP contribution in [0.2, 0.25) is 0 Å². The molecule has 2 nitrogen and oxygen atoms in total. The van der Waals surface area contributed by atoms with Gasteiger partial charge < -0.3 is 11.1 Å². The fourth-order valence-electron chi connectivity index (χ4n) is 3.43. The molecule has 1 aliphatic heterocycles. The van der Waals surface area contributed by atoms with E-state index in [0.717, 1.165) is 19.6 Å². The van der Waals surface area contributed by atoms with Crippen LogP contribution in [0.3, 0.4) is 0 Å². The Morgan fingerprint density at radius 3 is 3.00 bits per heavy atom. The number of nitrogens with two attached hydrogens (primary N) is 1. The molecule has 1 aromatic carbocycles. The molecule has 0 amide bonds. The Morgan fingerprint density at radius 1 is 1.24 bits per heavy atom. The molecule has 17 heavy (non-hydrogen) atoms. The fourth-order valence-corrected chi connectivity index (χ4v) is 3.43. The van der Waals surface area contributed by atoms with Gasteiger partial charge in [-0.25, -0.2) is 0 Å². The molecule has 1 aliphatic carbocycles. The van der Waals surface area contributed by atoms with Crippen molar-refractivity contribution in [3.63, 3.8) is 0 Å². The largest absolute Gasteiger partial charge is 0.330 e. The van der Waals surface area contributed by atoms with Gasteiger partial charge in [0.2, 0.25) is 0 Å². The Balaban J connectivity index is 1.87. The molecule has 0 aromatic heterocycles. The molecule has 1 heterocycles. The number of hydrogen-bond acceptors (Lipinski definition) is 2. The van der Waals surface area contributed by atoms with Gasteiger partial charge in [0.1, 0.15) is 0 Å². The Bertz CT molecular complexity index is 400. The minimum atomic E-state index is 0.614. The molecule has 3 N–H and O–H groups in total.